The van der Waals surface area contributed by atoms with Crippen molar-refractivity contribution in [2.75, 3.05) is 31.1 Å². The quantitative estimate of drug-likeness (QED) is 0.776. The van der Waals surface area contributed by atoms with Crippen molar-refractivity contribution in [1.29, 1.82) is 0 Å². The number of hydrogen-bond donors (Lipinski definition) is 0. The SMILES string of the molecule is CC(=O)c1c(F)cccc1N1CCN2CCCC[C@H]2C1. The molecule has 2 aliphatic heterocycles. The molecule has 3 rings (SSSR count). The van der Waals surface area contributed by atoms with Crippen LogP contribution in [0.25, 0.3) is 0 Å². The summed E-state index contributed by atoms with van der Waals surface area (Å²) in [6.07, 6.45) is 3.77. The highest BCUT2D eigenvalue weighted by atomic mass is 19.1. The van der Waals surface area contributed by atoms with Gasteiger partial charge in [0.2, 0.25) is 0 Å². The van der Waals surface area contributed by atoms with Gasteiger partial charge in [-0.1, -0.05) is 12.5 Å². The van der Waals surface area contributed by atoms with Gasteiger partial charge in [-0.05, 0) is 38.4 Å². The Morgan fingerprint density at radius 1 is 1.25 bits per heavy atom. The van der Waals surface area contributed by atoms with Crippen LogP contribution in [-0.2, 0) is 0 Å². The number of ketones is 1. The van der Waals surface area contributed by atoms with E-state index in [1.807, 2.05) is 6.07 Å². The van der Waals surface area contributed by atoms with Crippen LogP contribution in [0.3, 0.4) is 0 Å². The number of Topliss-reactive ketones (excluding diaryl/α,β-unsaturated/α-hetero) is 1. The van der Waals surface area contributed by atoms with Crippen molar-refractivity contribution >= 4 is 11.5 Å². The van der Waals surface area contributed by atoms with Gasteiger partial charge in [0, 0.05) is 25.7 Å². The van der Waals surface area contributed by atoms with Gasteiger partial charge in [-0.15, -0.1) is 0 Å². The van der Waals surface area contributed by atoms with E-state index in [1.54, 1.807) is 6.07 Å². The average Bonchev–Trinajstić information content (AvgIpc) is 2.46. The van der Waals surface area contributed by atoms with E-state index < -0.39 is 5.82 Å². The van der Waals surface area contributed by atoms with Gasteiger partial charge in [0.15, 0.2) is 5.78 Å². The molecule has 2 aliphatic rings. The first-order valence-electron chi connectivity index (χ1n) is 7.45. The smallest absolute Gasteiger partial charge is 0.164 e. The Bertz CT molecular complexity index is 517. The van der Waals surface area contributed by atoms with Gasteiger partial charge in [0.05, 0.1) is 11.3 Å². The Kier molecular flexibility index (Phi) is 3.74. The maximum Gasteiger partial charge on any atom is 0.164 e. The first kappa shape index (κ1) is 13.6. The Morgan fingerprint density at radius 3 is 2.90 bits per heavy atom. The number of nitrogens with zero attached hydrogens (tertiary/aromatic N) is 2. The number of rotatable bonds is 2. The Balaban J connectivity index is 1.86. The molecule has 0 aromatic heterocycles. The minimum Gasteiger partial charge on any atom is -0.368 e. The number of benzene rings is 1. The van der Waals surface area contributed by atoms with Crippen molar-refractivity contribution in [3.05, 3.63) is 29.6 Å². The monoisotopic (exact) mass is 276 g/mol. The standard InChI is InChI=1S/C16H21FN2O/c1-12(20)16-14(17)6-4-7-15(16)19-10-9-18-8-3-2-5-13(18)11-19/h4,6-7,13H,2-3,5,8-11H2,1H3/t13-/m0/s1. The number of fused-ring (bicyclic) bond motifs is 1. The fraction of sp³-hybridized carbons (Fsp3) is 0.562. The van der Waals surface area contributed by atoms with Gasteiger partial charge in [0.1, 0.15) is 5.82 Å². The summed E-state index contributed by atoms with van der Waals surface area (Å²) in [5.41, 5.74) is 1.01. The van der Waals surface area contributed by atoms with Crippen molar-refractivity contribution in [1.82, 2.24) is 4.90 Å². The molecule has 0 saturated carbocycles. The molecule has 1 aromatic carbocycles. The van der Waals surface area contributed by atoms with Crippen LogP contribution in [0.2, 0.25) is 0 Å². The molecule has 0 radical (unpaired) electrons. The zero-order valence-electron chi connectivity index (χ0n) is 11.9. The number of halogens is 1. The normalized spacial score (nSPS) is 23.5. The van der Waals surface area contributed by atoms with Gasteiger partial charge in [-0.3, -0.25) is 9.69 Å². The summed E-state index contributed by atoms with van der Waals surface area (Å²) >= 11 is 0. The van der Waals surface area contributed by atoms with E-state index in [2.05, 4.69) is 9.80 Å². The number of hydrogen-bond acceptors (Lipinski definition) is 3. The Morgan fingerprint density at radius 2 is 2.10 bits per heavy atom. The molecular weight excluding hydrogens is 255 g/mol. The maximum absolute atomic E-state index is 13.9. The summed E-state index contributed by atoms with van der Waals surface area (Å²) in [6.45, 7) is 5.42. The topological polar surface area (TPSA) is 23.6 Å². The summed E-state index contributed by atoms with van der Waals surface area (Å²) in [7, 11) is 0. The minimum absolute atomic E-state index is 0.191. The second-order valence-electron chi connectivity index (χ2n) is 5.82. The Hall–Kier alpha value is -1.42. The highest BCUT2D eigenvalue weighted by Gasteiger charge is 2.30. The lowest BCUT2D eigenvalue weighted by Gasteiger charge is -2.45. The molecule has 0 aliphatic carbocycles. The predicted molar refractivity (Wildman–Crippen MR) is 77.8 cm³/mol. The predicted octanol–water partition coefficient (Wildman–Crippen LogP) is 2.70. The van der Waals surface area contributed by atoms with Gasteiger partial charge in [0.25, 0.3) is 0 Å². The maximum atomic E-state index is 13.9. The molecule has 20 heavy (non-hydrogen) atoms. The lowest BCUT2D eigenvalue weighted by atomic mass is 9.98. The summed E-state index contributed by atoms with van der Waals surface area (Å²) in [5, 5.41) is 0. The van der Waals surface area contributed by atoms with Crippen molar-refractivity contribution in [2.24, 2.45) is 0 Å². The zero-order chi connectivity index (χ0) is 14.1. The first-order chi connectivity index (χ1) is 9.66. The molecule has 0 spiro atoms. The zero-order valence-corrected chi connectivity index (χ0v) is 11.9. The van der Waals surface area contributed by atoms with Gasteiger partial charge in [-0.2, -0.15) is 0 Å². The van der Waals surface area contributed by atoms with E-state index in [9.17, 15) is 9.18 Å². The minimum atomic E-state index is -0.402. The van der Waals surface area contributed by atoms with Crippen LogP contribution in [0, 0.1) is 5.82 Å². The molecule has 0 unspecified atom stereocenters. The molecule has 1 aromatic rings. The largest absolute Gasteiger partial charge is 0.368 e. The fourth-order valence-electron chi connectivity index (χ4n) is 3.50. The van der Waals surface area contributed by atoms with Crippen LogP contribution >= 0.6 is 0 Å². The highest BCUT2D eigenvalue weighted by molar-refractivity contribution is 6.00. The van der Waals surface area contributed by atoms with E-state index in [0.717, 1.165) is 25.3 Å². The van der Waals surface area contributed by atoms with Gasteiger partial charge in [-0.25, -0.2) is 4.39 Å². The fourth-order valence-corrected chi connectivity index (χ4v) is 3.50. The molecule has 108 valence electrons. The van der Waals surface area contributed by atoms with E-state index in [1.165, 1.54) is 38.8 Å². The van der Waals surface area contributed by atoms with E-state index >= 15 is 0 Å². The van der Waals surface area contributed by atoms with Crippen LogP contribution in [0.1, 0.15) is 36.5 Å². The first-order valence-corrected chi connectivity index (χ1v) is 7.45. The number of piperazine rings is 1. The third kappa shape index (κ3) is 2.44. The van der Waals surface area contributed by atoms with Crippen LogP contribution in [-0.4, -0.2) is 42.9 Å². The molecule has 1 atom stereocenters. The van der Waals surface area contributed by atoms with Crippen LogP contribution < -0.4 is 4.90 Å². The Labute approximate surface area is 119 Å². The van der Waals surface area contributed by atoms with Gasteiger partial charge < -0.3 is 4.90 Å². The van der Waals surface area contributed by atoms with Crippen LogP contribution in [0.5, 0.6) is 0 Å². The molecule has 2 fully saturated rings. The lowest BCUT2D eigenvalue weighted by Crippen LogP contribution is -2.55. The summed E-state index contributed by atoms with van der Waals surface area (Å²) in [5.74, 6) is -0.592. The summed E-state index contributed by atoms with van der Waals surface area (Å²) < 4.78 is 13.9. The molecule has 4 heteroatoms. The van der Waals surface area contributed by atoms with E-state index in [-0.39, 0.29) is 11.3 Å². The van der Waals surface area contributed by atoms with E-state index in [4.69, 9.17) is 0 Å². The molecule has 0 bridgehead atoms. The van der Waals surface area contributed by atoms with Crippen LogP contribution in [0.4, 0.5) is 10.1 Å². The third-order valence-electron chi connectivity index (χ3n) is 4.52. The number of anilines is 1. The van der Waals surface area contributed by atoms with Crippen LogP contribution in [0.15, 0.2) is 18.2 Å². The molecule has 3 nitrogen and oxygen atoms in total. The molecule has 2 heterocycles. The lowest BCUT2D eigenvalue weighted by molar-refractivity contribution is 0.101. The van der Waals surface area contributed by atoms with Gasteiger partial charge >= 0.3 is 0 Å². The molecule has 2 saturated heterocycles. The number of carbonyl (C=O) groups is 1. The van der Waals surface area contributed by atoms with Crippen molar-refractivity contribution in [3.63, 3.8) is 0 Å². The molecule has 0 amide bonds. The third-order valence-corrected chi connectivity index (χ3v) is 4.52. The van der Waals surface area contributed by atoms with E-state index in [0.29, 0.717) is 6.04 Å². The second-order valence-corrected chi connectivity index (χ2v) is 5.82. The highest BCUT2D eigenvalue weighted by Crippen LogP contribution is 2.28. The van der Waals surface area contributed by atoms with Crippen molar-refractivity contribution in [3.8, 4) is 0 Å². The number of carbonyl (C=O) groups excluding carboxylic acids is 1. The van der Waals surface area contributed by atoms with Crippen molar-refractivity contribution in [2.45, 2.75) is 32.2 Å². The second kappa shape index (κ2) is 5.52. The van der Waals surface area contributed by atoms with Crippen molar-refractivity contribution < 1.29 is 9.18 Å². The number of piperidine rings is 1. The summed E-state index contributed by atoms with van der Waals surface area (Å²) in [4.78, 5) is 16.5. The molecule has 0 N–H and O–H groups in total. The average molecular weight is 276 g/mol. The molecular formula is C16H21FN2O. The summed E-state index contributed by atoms with van der Waals surface area (Å²) in [6, 6.07) is 5.50.